The average molecular weight is 345 g/mol. The summed E-state index contributed by atoms with van der Waals surface area (Å²) in [5.74, 6) is 0.465. The summed E-state index contributed by atoms with van der Waals surface area (Å²) in [6, 6.07) is 8.75. The molecule has 0 aliphatic heterocycles. The highest BCUT2D eigenvalue weighted by Gasteiger charge is 2.18. The first-order valence-corrected chi connectivity index (χ1v) is 9.39. The monoisotopic (exact) mass is 344 g/mol. The fraction of sp³-hybridized carbons (Fsp3) is 0.421. The molecule has 1 heterocycles. The molecule has 0 radical (unpaired) electrons. The van der Waals surface area contributed by atoms with Crippen molar-refractivity contribution >= 4 is 23.0 Å². The number of hydrogen-bond donors (Lipinski definition) is 2. The normalized spacial score (nSPS) is 13.3. The largest absolute Gasteiger partial charge is 0.370 e. The minimum atomic E-state index is 0.269. The molecule has 0 fully saturated rings. The van der Waals surface area contributed by atoms with Crippen LogP contribution >= 0.6 is 11.3 Å². The number of thiophene rings is 1. The molecule has 0 amide bonds. The molecule has 1 atom stereocenters. The number of aryl methyl sites for hydroxylation is 2. The molecule has 1 unspecified atom stereocenters. The second-order valence-electron chi connectivity index (χ2n) is 6.02. The van der Waals surface area contributed by atoms with Crippen LogP contribution in [0.3, 0.4) is 0 Å². The molecule has 4 nitrogen and oxygen atoms in total. The van der Waals surface area contributed by atoms with Crippen LogP contribution in [0.4, 0.5) is 5.69 Å². The van der Waals surface area contributed by atoms with Crippen molar-refractivity contribution in [2.24, 2.45) is 10.7 Å². The topological polar surface area (TPSA) is 53.6 Å². The Bertz CT molecular complexity index is 640. The van der Waals surface area contributed by atoms with Gasteiger partial charge in [-0.2, -0.15) is 11.3 Å². The minimum Gasteiger partial charge on any atom is -0.370 e. The van der Waals surface area contributed by atoms with E-state index in [1.807, 2.05) is 0 Å². The summed E-state index contributed by atoms with van der Waals surface area (Å²) in [4.78, 5) is 7.01. The van der Waals surface area contributed by atoms with Gasteiger partial charge >= 0.3 is 0 Å². The maximum absolute atomic E-state index is 6.11. The lowest BCUT2D eigenvalue weighted by atomic mass is 10.1. The summed E-state index contributed by atoms with van der Waals surface area (Å²) >= 11 is 1.72. The number of benzene rings is 1. The summed E-state index contributed by atoms with van der Waals surface area (Å²) in [6.45, 7) is 11.2. The molecule has 0 aliphatic carbocycles. The predicted octanol–water partition coefficient (Wildman–Crippen LogP) is 4.17. The Balaban J connectivity index is 2.10. The number of guanidine groups is 1. The summed E-state index contributed by atoms with van der Waals surface area (Å²) in [6.07, 6.45) is 0. The maximum Gasteiger partial charge on any atom is 0.193 e. The van der Waals surface area contributed by atoms with Crippen LogP contribution in [0.1, 0.15) is 36.6 Å². The number of anilines is 1. The molecular weight excluding hydrogens is 316 g/mol. The number of aliphatic imine (C=N–C) groups is 1. The zero-order valence-corrected chi connectivity index (χ0v) is 15.9. The van der Waals surface area contributed by atoms with Crippen molar-refractivity contribution in [2.45, 2.75) is 33.7 Å². The van der Waals surface area contributed by atoms with Gasteiger partial charge in [-0.05, 0) is 72.6 Å². The van der Waals surface area contributed by atoms with Gasteiger partial charge in [-0.15, -0.1) is 0 Å². The molecule has 0 aliphatic rings. The van der Waals surface area contributed by atoms with Crippen molar-refractivity contribution in [2.75, 3.05) is 25.0 Å². The molecule has 2 rings (SSSR count). The standard InChI is InChI=1S/C19H28N4S/c1-5-23(6-2)18(16-7-8-24-13-16)12-21-19(20)22-17-10-14(3)9-15(4)11-17/h7-11,13,18H,5-6,12H2,1-4H3,(H3,20,21,22). The van der Waals surface area contributed by atoms with Crippen LogP contribution in [0.5, 0.6) is 0 Å². The van der Waals surface area contributed by atoms with E-state index in [0.717, 1.165) is 18.8 Å². The fourth-order valence-electron chi connectivity index (χ4n) is 2.98. The summed E-state index contributed by atoms with van der Waals surface area (Å²) < 4.78 is 0. The molecule has 0 saturated carbocycles. The fourth-order valence-corrected chi connectivity index (χ4v) is 3.69. The van der Waals surface area contributed by atoms with Crippen LogP contribution in [0.2, 0.25) is 0 Å². The van der Waals surface area contributed by atoms with E-state index < -0.39 is 0 Å². The Morgan fingerprint density at radius 3 is 2.42 bits per heavy atom. The first kappa shape index (κ1) is 18.5. The van der Waals surface area contributed by atoms with Crippen molar-refractivity contribution in [3.8, 4) is 0 Å². The average Bonchev–Trinajstić information content (AvgIpc) is 3.04. The molecule has 1 aromatic heterocycles. The highest BCUT2D eigenvalue weighted by Crippen LogP contribution is 2.23. The summed E-state index contributed by atoms with van der Waals surface area (Å²) in [7, 11) is 0. The molecule has 3 N–H and O–H groups in total. The van der Waals surface area contributed by atoms with Crippen molar-refractivity contribution in [1.82, 2.24) is 4.90 Å². The van der Waals surface area contributed by atoms with E-state index in [-0.39, 0.29) is 6.04 Å². The lowest BCUT2D eigenvalue weighted by molar-refractivity contribution is 0.225. The second-order valence-corrected chi connectivity index (χ2v) is 6.80. The molecule has 5 heteroatoms. The highest BCUT2D eigenvalue weighted by atomic mass is 32.1. The third-order valence-corrected chi connectivity index (χ3v) is 4.81. The number of nitrogens with one attached hydrogen (secondary N) is 1. The van der Waals surface area contributed by atoms with E-state index in [2.05, 4.69) is 77.9 Å². The van der Waals surface area contributed by atoms with Crippen molar-refractivity contribution < 1.29 is 0 Å². The van der Waals surface area contributed by atoms with Gasteiger partial charge in [0.05, 0.1) is 12.6 Å². The Kier molecular flexibility index (Phi) is 6.82. The van der Waals surface area contributed by atoms with Gasteiger partial charge in [-0.3, -0.25) is 9.89 Å². The zero-order chi connectivity index (χ0) is 17.5. The molecule has 24 heavy (non-hydrogen) atoms. The van der Waals surface area contributed by atoms with Gasteiger partial charge in [0.2, 0.25) is 0 Å². The molecular formula is C19H28N4S. The second kappa shape index (κ2) is 8.85. The third-order valence-electron chi connectivity index (χ3n) is 4.11. The number of likely N-dealkylation sites (N-methyl/N-ethyl adjacent to an activating group) is 1. The van der Waals surface area contributed by atoms with E-state index >= 15 is 0 Å². The summed E-state index contributed by atoms with van der Waals surface area (Å²) in [5.41, 5.74) is 10.8. The lowest BCUT2D eigenvalue weighted by Crippen LogP contribution is -2.31. The van der Waals surface area contributed by atoms with E-state index in [4.69, 9.17) is 5.73 Å². The van der Waals surface area contributed by atoms with E-state index in [1.54, 1.807) is 11.3 Å². The van der Waals surface area contributed by atoms with Gasteiger partial charge in [0.1, 0.15) is 0 Å². The van der Waals surface area contributed by atoms with Crippen LogP contribution in [-0.4, -0.2) is 30.5 Å². The number of rotatable bonds is 7. The van der Waals surface area contributed by atoms with E-state index in [1.165, 1.54) is 16.7 Å². The van der Waals surface area contributed by atoms with Crippen LogP contribution in [-0.2, 0) is 0 Å². The molecule has 130 valence electrons. The molecule has 0 spiro atoms. The number of nitrogens with two attached hydrogens (primary N) is 1. The van der Waals surface area contributed by atoms with E-state index in [9.17, 15) is 0 Å². The maximum atomic E-state index is 6.11. The van der Waals surface area contributed by atoms with Crippen molar-refractivity contribution in [3.63, 3.8) is 0 Å². The molecule has 1 aromatic carbocycles. The Labute approximate surface area is 149 Å². The minimum absolute atomic E-state index is 0.269. The van der Waals surface area contributed by atoms with Crippen LogP contribution < -0.4 is 11.1 Å². The van der Waals surface area contributed by atoms with Crippen LogP contribution in [0.15, 0.2) is 40.0 Å². The van der Waals surface area contributed by atoms with E-state index in [0.29, 0.717) is 12.5 Å². The van der Waals surface area contributed by atoms with Gasteiger partial charge in [-0.25, -0.2) is 0 Å². The first-order chi connectivity index (χ1) is 11.5. The highest BCUT2D eigenvalue weighted by molar-refractivity contribution is 7.07. The van der Waals surface area contributed by atoms with Gasteiger partial charge in [0, 0.05) is 5.69 Å². The Morgan fingerprint density at radius 2 is 1.88 bits per heavy atom. The SMILES string of the molecule is CCN(CC)C(CN=C(N)Nc1cc(C)cc(C)c1)c1ccsc1. The lowest BCUT2D eigenvalue weighted by Gasteiger charge is -2.28. The molecule has 0 bridgehead atoms. The van der Waals surface area contributed by atoms with Gasteiger partial charge in [-0.1, -0.05) is 19.9 Å². The first-order valence-electron chi connectivity index (χ1n) is 8.44. The van der Waals surface area contributed by atoms with Crippen molar-refractivity contribution in [3.05, 3.63) is 51.7 Å². The third kappa shape index (κ3) is 5.08. The number of nitrogens with zero attached hydrogens (tertiary/aromatic N) is 2. The Hall–Kier alpha value is -1.85. The van der Waals surface area contributed by atoms with Crippen LogP contribution in [0.25, 0.3) is 0 Å². The van der Waals surface area contributed by atoms with Gasteiger partial charge < -0.3 is 11.1 Å². The Morgan fingerprint density at radius 1 is 1.21 bits per heavy atom. The summed E-state index contributed by atoms with van der Waals surface area (Å²) in [5, 5.41) is 7.53. The number of hydrogen-bond acceptors (Lipinski definition) is 3. The predicted molar refractivity (Wildman–Crippen MR) is 106 cm³/mol. The van der Waals surface area contributed by atoms with Crippen molar-refractivity contribution in [1.29, 1.82) is 0 Å². The molecule has 0 saturated heterocycles. The quantitative estimate of drug-likeness (QED) is 0.585. The smallest absolute Gasteiger partial charge is 0.193 e. The zero-order valence-electron chi connectivity index (χ0n) is 15.0. The van der Waals surface area contributed by atoms with Gasteiger partial charge in [0.25, 0.3) is 0 Å². The van der Waals surface area contributed by atoms with Gasteiger partial charge in [0.15, 0.2) is 5.96 Å². The molecule has 2 aromatic rings. The van der Waals surface area contributed by atoms with Crippen LogP contribution in [0, 0.1) is 13.8 Å².